The van der Waals surface area contributed by atoms with E-state index in [9.17, 15) is 9.90 Å². The lowest BCUT2D eigenvalue weighted by molar-refractivity contribution is -0.245. The number of thioether (sulfide) groups is 1. The minimum absolute atomic E-state index is 0.00659. The van der Waals surface area contributed by atoms with Gasteiger partial charge in [0, 0.05) is 31.3 Å². The fraction of sp³-hybridized carbons (Fsp3) is 0.300. The van der Waals surface area contributed by atoms with Crippen LogP contribution in [0.2, 0.25) is 0 Å². The lowest BCUT2D eigenvalue weighted by atomic mass is 9.99. The minimum Gasteiger partial charge on any atom is -0.392 e. The van der Waals surface area contributed by atoms with Gasteiger partial charge in [0.1, 0.15) is 6.33 Å². The Balaban J connectivity index is 1.31. The first-order chi connectivity index (χ1) is 20.2. The van der Waals surface area contributed by atoms with Crippen LogP contribution in [0, 0.1) is 0 Å². The van der Waals surface area contributed by atoms with Gasteiger partial charge in [0.15, 0.2) is 11.4 Å². The fourth-order valence-electron chi connectivity index (χ4n) is 4.57. The minimum atomic E-state index is -2.01. The number of aliphatic hydroxyl groups is 1. The van der Waals surface area contributed by atoms with Gasteiger partial charge in [0.25, 0.3) is 9.70 Å². The molecule has 0 saturated carbocycles. The van der Waals surface area contributed by atoms with Gasteiger partial charge in [-0.1, -0.05) is 113 Å². The van der Waals surface area contributed by atoms with Crippen LogP contribution in [0.25, 0.3) is 11.1 Å². The molecule has 0 aliphatic carbocycles. The first-order valence-electron chi connectivity index (χ1n) is 13.2. The van der Waals surface area contributed by atoms with Crippen LogP contribution >= 0.6 is 46.6 Å². The van der Waals surface area contributed by atoms with Crippen molar-refractivity contribution in [2.75, 3.05) is 5.75 Å². The molecule has 1 amide bonds. The van der Waals surface area contributed by atoms with Crippen molar-refractivity contribution in [2.45, 2.75) is 47.0 Å². The number of benzene rings is 3. The maximum absolute atomic E-state index is 11.9. The first-order valence-corrected chi connectivity index (χ1v) is 15.3. The molecule has 1 aliphatic rings. The highest BCUT2D eigenvalue weighted by Gasteiger charge is 2.33. The molecule has 1 fully saturated rings. The Morgan fingerprint density at radius 1 is 1.02 bits per heavy atom. The molecular weight excluding hydrogens is 619 g/mol. The van der Waals surface area contributed by atoms with Gasteiger partial charge >= 0.3 is 0 Å². The number of hydrogen-bond donors (Lipinski definition) is 2. The second-order valence-electron chi connectivity index (χ2n) is 9.89. The molecule has 0 bridgehead atoms. The largest absolute Gasteiger partial charge is 0.392 e. The third-order valence-corrected chi connectivity index (χ3v) is 8.52. The summed E-state index contributed by atoms with van der Waals surface area (Å²) in [5, 5.41) is 21.0. The topological polar surface area (TPSA) is 98.5 Å². The molecule has 3 atom stereocenters. The Kier molecular flexibility index (Phi) is 10.1. The Labute approximate surface area is 263 Å². The van der Waals surface area contributed by atoms with E-state index in [0.717, 1.165) is 38.5 Å². The van der Waals surface area contributed by atoms with Gasteiger partial charge in [0.05, 0.1) is 18.8 Å². The third-order valence-electron chi connectivity index (χ3n) is 6.84. The van der Waals surface area contributed by atoms with Gasteiger partial charge in [-0.15, -0.1) is 10.2 Å². The predicted octanol–water partition coefficient (Wildman–Crippen LogP) is 6.30. The summed E-state index contributed by atoms with van der Waals surface area (Å²) in [7, 11) is 1.92. The molecule has 12 heteroatoms. The molecule has 42 heavy (non-hydrogen) atoms. The monoisotopic (exact) mass is 646 g/mol. The molecular formula is C30H29Cl3N4O4S. The molecule has 0 spiro atoms. The lowest BCUT2D eigenvalue weighted by Crippen LogP contribution is -2.33. The summed E-state index contributed by atoms with van der Waals surface area (Å²) in [5.41, 5.74) is 5.63. The molecule has 1 aliphatic heterocycles. The molecule has 1 aromatic heterocycles. The number of alkyl halides is 3. The predicted molar refractivity (Wildman–Crippen MR) is 164 cm³/mol. The maximum atomic E-state index is 11.9. The van der Waals surface area contributed by atoms with E-state index in [1.807, 2.05) is 84.4 Å². The maximum Gasteiger partial charge on any atom is 0.272 e. The van der Waals surface area contributed by atoms with Crippen LogP contribution in [-0.4, -0.2) is 41.4 Å². The van der Waals surface area contributed by atoms with E-state index in [-0.39, 0.29) is 25.4 Å². The summed E-state index contributed by atoms with van der Waals surface area (Å²) in [6.45, 7) is 0.226. The lowest BCUT2D eigenvalue weighted by Gasteiger charge is -2.36. The van der Waals surface area contributed by atoms with E-state index in [2.05, 4.69) is 15.5 Å². The zero-order chi connectivity index (χ0) is 29.7. The van der Waals surface area contributed by atoms with Crippen molar-refractivity contribution in [2.24, 2.45) is 7.05 Å². The molecule has 8 nitrogen and oxygen atoms in total. The molecule has 1 saturated heterocycles. The number of rotatable bonds is 9. The zero-order valence-electron chi connectivity index (χ0n) is 22.6. The number of nitrogens with zero attached hydrogens (tertiary/aromatic N) is 3. The van der Waals surface area contributed by atoms with Gasteiger partial charge in [-0.25, -0.2) is 0 Å². The van der Waals surface area contributed by atoms with Crippen molar-refractivity contribution in [3.05, 3.63) is 101 Å². The Morgan fingerprint density at radius 2 is 1.76 bits per heavy atom. The quantitative estimate of drug-likeness (QED) is 0.163. The summed E-state index contributed by atoms with van der Waals surface area (Å²) in [6, 6.07) is 23.6. The van der Waals surface area contributed by atoms with Crippen LogP contribution in [0.15, 0.2) is 84.3 Å². The number of hydrogen-bond acceptors (Lipinski definition) is 7. The molecule has 2 N–H and O–H groups in total. The van der Waals surface area contributed by atoms with Crippen molar-refractivity contribution in [1.82, 2.24) is 20.1 Å². The van der Waals surface area contributed by atoms with Crippen LogP contribution in [0.3, 0.4) is 0 Å². The van der Waals surface area contributed by atoms with Crippen molar-refractivity contribution >= 4 is 52.5 Å². The van der Waals surface area contributed by atoms with Crippen LogP contribution in [0.5, 0.6) is 0 Å². The van der Waals surface area contributed by atoms with E-state index in [4.69, 9.17) is 44.3 Å². The van der Waals surface area contributed by atoms with Gasteiger partial charge in [-0.3, -0.25) is 4.79 Å². The molecule has 2 heterocycles. The van der Waals surface area contributed by atoms with Crippen LogP contribution < -0.4 is 5.32 Å². The molecule has 220 valence electrons. The van der Waals surface area contributed by atoms with E-state index >= 15 is 0 Å². The Bertz CT molecular complexity index is 1500. The van der Waals surface area contributed by atoms with Crippen LogP contribution in [0.1, 0.15) is 41.1 Å². The highest BCUT2D eigenvalue weighted by molar-refractivity contribution is 7.99. The first kappa shape index (κ1) is 30.8. The standard InChI is InChI=1S/C30H29Cl3N4O4S/c1-37-18-35-36-29(37)42-17-25-14-26(22-7-5-19(16-38)6-8-22)41-27(40-25)23-11-9-21(10-12-23)24-4-2-3-20(13-24)15-34-28(39)30(31,32)33/h2-13,18,25-27,38H,14-17H2,1H3,(H,34,39). The zero-order valence-corrected chi connectivity index (χ0v) is 25.7. The number of halogens is 3. The van der Waals surface area contributed by atoms with Crippen molar-refractivity contribution in [1.29, 1.82) is 0 Å². The summed E-state index contributed by atoms with van der Waals surface area (Å²) < 4.78 is 12.8. The highest BCUT2D eigenvalue weighted by Crippen LogP contribution is 2.39. The van der Waals surface area contributed by atoms with Crippen molar-refractivity contribution < 1.29 is 19.4 Å². The van der Waals surface area contributed by atoms with Crippen molar-refractivity contribution in [3.8, 4) is 11.1 Å². The van der Waals surface area contributed by atoms with E-state index in [1.54, 1.807) is 18.1 Å². The van der Waals surface area contributed by atoms with E-state index in [0.29, 0.717) is 12.2 Å². The number of aryl methyl sites for hydroxylation is 1. The van der Waals surface area contributed by atoms with Crippen molar-refractivity contribution in [3.63, 3.8) is 0 Å². The number of nitrogens with one attached hydrogen (secondary N) is 1. The number of aromatic nitrogens is 3. The van der Waals surface area contributed by atoms with Crippen LogP contribution in [0.4, 0.5) is 0 Å². The second kappa shape index (κ2) is 13.8. The smallest absolute Gasteiger partial charge is 0.272 e. The number of carbonyl (C=O) groups excluding carboxylic acids is 1. The summed E-state index contributed by atoms with van der Waals surface area (Å²) in [5.74, 6) is 0.0165. The highest BCUT2D eigenvalue weighted by atomic mass is 35.6. The molecule has 3 unspecified atom stereocenters. The van der Waals surface area contributed by atoms with Gasteiger partial charge in [0.2, 0.25) is 0 Å². The Hall–Kier alpha value is -2.63. The van der Waals surface area contributed by atoms with Gasteiger partial charge in [-0.2, -0.15) is 0 Å². The average molecular weight is 648 g/mol. The number of carbonyl (C=O) groups is 1. The second-order valence-corrected chi connectivity index (χ2v) is 13.2. The summed E-state index contributed by atoms with van der Waals surface area (Å²) in [4.78, 5) is 11.9. The van der Waals surface area contributed by atoms with E-state index < -0.39 is 16.0 Å². The number of ether oxygens (including phenoxy) is 2. The van der Waals surface area contributed by atoms with Gasteiger partial charge < -0.3 is 24.5 Å². The Morgan fingerprint density at radius 3 is 2.43 bits per heavy atom. The normalized spacial score (nSPS) is 19.0. The number of amides is 1. The average Bonchev–Trinajstić information content (AvgIpc) is 3.42. The van der Waals surface area contributed by atoms with E-state index in [1.165, 1.54) is 0 Å². The fourth-order valence-corrected chi connectivity index (χ4v) is 5.68. The SMILES string of the molecule is Cn1cnnc1SCC1CC(c2ccc(CO)cc2)OC(c2ccc(-c3cccc(CNC(=O)C(Cl)(Cl)Cl)c3)cc2)O1. The third kappa shape index (κ3) is 7.85. The summed E-state index contributed by atoms with van der Waals surface area (Å²) >= 11 is 18.5. The molecule has 3 aromatic carbocycles. The molecule has 4 aromatic rings. The summed E-state index contributed by atoms with van der Waals surface area (Å²) in [6.07, 6.45) is 1.52. The van der Waals surface area contributed by atoms with Crippen LogP contribution in [-0.2, 0) is 34.5 Å². The number of aliphatic hydroxyl groups excluding tert-OH is 1. The molecule has 5 rings (SSSR count). The molecule has 0 radical (unpaired) electrons. The van der Waals surface area contributed by atoms with Gasteiger partial charge in [-0.05, 0) is 33.9 Å².